The van der Waals surface area contributed by atoms with Crippen LogP contribution >= 0.6 is 0 Å². The molecule has 93 heavy (non-hydrogen) atoms. The van der Waals surface area contributed by atoms with E-state index in [2.05, 4.69) is 19.9 Å². The Morgan fingerprint density at radius 3 is 1.57 bits per heavy atom. The Hall–Kier alpha value is -5.56. The van der Waals surface area contributed by atoms with Crippen molar-refractivity contribution < 1.29 is 126 Å². The number of carbonyl (C=O) groups excluding carboxylic acids is 6. The van der Waals surface area contributed by atoms with Gasteiger partial charge in [-0.3, -0.25) is 19.2 Å². The molecule has 0 spiro atoms. The Balaban J connectivity index is 0.732. The van der Waals surface area contributed by atoms with Crippen molar-refractivity contribution in [2.75, 3.05) is 47.3 Å². The molecule has 6 N–H and O–H groups in total. The van der Waals surface area contributed by atoms with Crippen molar-refractivity contribution in [2.24, 2.45) is 46.3 Å². The minimum Gasteiger partial charge on any atom is -0.497 e. The second kappa shape index (κ2) is 29.8. The van der Waals surface area contributed by atoms with Crippen LogP contribution in [0.15, 0.2) is 60.2 Å². The lowest BCUT2D eigenvalue weighted by atomic mass is 9.47. The predicted octanol–water partition coefficient (Wildman–Crippen LogP) is 3.46. The number of hydrogen-bond acceptors (Lipinski definition) is 26. The third-order valence-corrected chi connectivity index (χ3v) is 20.7. The maximum absolute atomic E-state index is 14.4. The van der Waals surface area contributed by atoms with E-state index < -0.39 is 159 Å². The number of Topliss-reactive ketones (excluding diaryl/α,β-unsaturated/α-hetero) is 2. The molecule has 0 bridgehead atoms. The maximum Gasteiger partial charge on any atom is 0.338 e. The maximum atomic E-state index is 14.4. The van der Waals surface area contributed by atoms with Gasteiger partial charge < -0.3 is 97.0 Å². The third-order valence-electron chi connectivity index (χ3n) is 20.7. The molecule has 4 aliphatic carbocycles. The molecule has 25 atom stereocenters. The molecule has 4 saturated heterocycles. The number of allylic oxidation sites excluding steroid dienone is 1. The van der Waals surface area contributed by atoms with Gasteiger partial charge in [0.1, 0.15) is 71.9 Å². The summed E-state index contributed by atoms with van der Waals surface area (Å²) in [5.74, 6) is -2.91. The molecule has 4 heterocycles. The molecular formula is C67H90O26. The number of hydrogen-bond donors (Lipinski definition) is 6. The van der Waals surface area contributed by atoms with Gasteiger partial charge in [0.25, 0.3) is 0 Å². The molecule has 0 amide bonds. The highest BCUT2D eigenvalue weighted by molar-refractivity contribution is 5.92. The zero-order valence-corrected chi connectivity index (χ0v) is 53.7. The molecular weight excluding hydrogens is 1220 g/mol. The molecule has 0 radical (unpaired) electrons. The molecule has 514 valence electrons. The van der Waals surface area contributed by atoms with Crippen molar-refractivity contribution in [3.63, 3.8) is 0 Å². The standard InChI is InChI=1S/C67H90O26/c1-32(27-82-62-58(87-34(3)68)54(49(74)30-83-62)92-63-56(52(76)47(72)28-84-63)90-60(78)36-10-15-39(80-7)16-11-36)9-20-45(70)33(2)51-46(71)26-44-42-19-14-38-25-41(21-23-66(38,5)43(42)22-24-67(44,51)6)89-65-59(88-35(4)69)55(50(75)31-86-65)93-64-57(53(77)48(73)29-85-64)91-61(79)37-12-17-40(81-8)18-13-37/h10-18,32-33,41-44,47-59,62-65,72-77H,9,19-31H2,1-8H3/t32-,33-,41+,42-,43+,44+,47-,48-,49+,50+,51?,52+,53+,54+,55+,56-,57-,58-,59-,62-,63+,64+,65+,66+,67+/m1/s1. The van der Waals surface area contributed by atoms with E-state index in [1.54, 1.807) is 12.1 Å². The van der Waals surface area contributed by atoms with Crippen molar-refractivity contribution >= 4 is 35.4 Å². The van der Waals surface area contributed by atoms with Gasteiger partial charge in [-0.25, -0.2) is 9.59 Å². The summed E-state index contributed by atoms with van der Waals surface area (Å²) in [7, 11) is 2.94. The summed E-state index contributed by atoms with van der Waals surface area (Å²) in [6.07, 6.45) is -16.1. The van der Waals surface area contributed by atoms with Crippen LogP contribution in [0.25, 0.3) is 0 Å². The average molecular weight is 1310 g/mol. The van der Waals surface area contributed by atoms with E-state index in [9.17, 15) is 59.4 Å². The Morgan fingerprint density at radius 1 is 0.581 bits per heavy atom. The number of methoxy groups -OCH3 is 2. The fourth-order valence-electron chi connectivity index (χ4n) is 15.7. The van der Waals surface area contributed by atoms with E-state index in [0.29, 0.717) is 37.2 Å². The van der Waals surface area contributed by atoms with Crippen LogP contribution in [-0.4, -0.2) is 218 Å². The quantitative estimate of drug-likeness (QED) is 0.0558. The predicted molar refractivity (Wildman–Crippen MR) is 319 cm³/mol. The number of esters is 4. The summed E-state index contributed by atoms with van der Waals surface area (Å²) in [6, 6.07) is 12.0. The zero-order valence-electron chi connectivity index (χ0n) is 53.7. The van der Waals surface area contributed by atoms with E-state index >= 15 is 0 Å². The first kappa shape index (κ1) is 70.2. The Morgan fingerprint density at radius 2 is 1.06 bits per heavy atom. The van der Waals surface area contributed by atoms with Crippen molar-refractivity contribution in [3.05, 3.63) is 71.3 Å². The molecule has 0 aromatic heterocycles. The lowest BCUT2D eigenvalue weighted by Gasteiger charge is -2.58. The molecule has 1 unspecified atom stereocenters. The molecule has 26 heteroatoms. The minimum atomic E-state index is -1.66. The summed E-state index contributed by atoms with van der Waals surface area (Å²) in [6.45, 7) is 9.17. The van der Waals surface area contributed by atoms with Crippen LogP contribution < -0.4 is 9.47 Å². The van der Waals surface area contributed by atoms with Crippen molar-refractivity contribution in [1.29, 1.82) is 0 Å². The second-order valence-electron chi connectivity index (χ2n) is 26.8. The normalized spacial score (nSPS) is 38.9. The third kappa shape index (κ3) is 15.2. The Bertz CT molecular complexity index is 2980. The fourth-order valence-corrected chi connectivity index (χ4v) is 15.7. The zero-order chi connectivity index (χ0) is 66.8. The molecule has 3 saturated carbocycles. The van der Waals surface area contributed by atoms with Gasteiger partial charge in [0.05, 0.1) is 64.5 Å². The summed E-state index contributed by atoms with van der Waals surface area (Å²) >= 11 is 0. The van der Waals surface area contributed by atoms with Gasteiger partial charge in [-0.05, 0) is 128 Å². The van der Waals surface area contributed by atoms with Crippen molar-refractivity contribution in [3.8, 4) is 11.5 Å². The first-order valence-electron chi connectivity index (χ1n) is 32.2. The summed E-state index contributed by atoms with van der Waals surface area (Å²) in [5.41, 5.74) is 0.806. The van der Waals surface area contributed by atoms with Crippen LogP contribution in [0.5, 0.6) is 11.5 Å². The number of fused-ring (bicyclic) bond motifs is 5. The topological polar surface area (TPSA) is 353 Å². The number of ketones is 2. The van der Waals surface area contributed by atoms with Gasteiger partial charge in [-0.2, -0.15) is 0 Å². The number of rotatable bonds is 22. The Kier molecular flexibility index (Phi) is 22.5. The van der Waals surface area contributed by atoms with Crippen molar-refractivity contribution in [1.82, 2.24) is 0 Å². The molecule has 10 rings (SSSR count). The van der Waals surface area contributed by atoms with Crippen LogP contribution in [0, 0.1) is 46.3 Å². The van der Waals surface area contributed by atoms with Gasteiger partial charge in [0.15, 0.2) is 49.6 Å². The summed E-state index contributed by atoms with van der Waals surface area (Å²) in [5, 5.41) is 65.6. The van der Waals surface area contributed by atoms with E-state index in [-0.39, 0.29) is 78.0 Å². The number of aliphatic hydroxyl groups is 6. The highest BCUT2D eigenvalue weighted by atomic mass is 16.8. The first-order valence-corrected chi connectivity index (χ1v) is 32.2. The summed E-state index contributed by atoms with van der Waals surface area (Å²) in [4.78, 5) is 80.4. The highest BCUT2D eigenvalue weighted by Crippen LogP contribution is 2.67. The first-order chi connectivity index (χ1) is 44.3. The van der Waals surface area contributed by atoms with E-state index in [1.807, 2.05) is 13.8 Å². The number of carbonyl (C=O) groups is 6. The smallest absolute Gasteiger partial charge is 0.338 e. The minimum absolute atomic E-state index is 0.0275. The average Bonchev–Trinajstić information content (AvgIpc) is 1.65. The van der Waals surface area contributed by atoms with Crippen LogP contribution in [0.4, 0.5) is 0 Å². The largest absolute Gasteiger partial charge is 0.497 e. The van der Waals surface area contributed by atoms with Crippen LogP contribution in [-0.2, 0) is 76.0 Å². The number of aliphatic hydroxyl groups excluding tert-OH is 6. The molecule has 4 aliphatic heterocycles. The van der Waals surface area contributed by atoms with E-state index in [1.165, 1.54) is 63.1 Å². The molecule has 7 fully saturated rings. The van der Waals surface area contributed by atoms with Gasteiger partial charge in [-0.15, -0.1) is 0 Å². The van der Waals surface area contributed by atoms with Crippen molar-refractivity contribution in [2.45, 2.75) is 204 Å². The SMILES string of the molecule is COc1ccc(C(=O)O[C@H]2[C@H](O[C@@H]3[C@@H](OC(C)=O)[C@H](OC[C@H](C)CCC(=O)[C@@H](C)C4C(=O)C[C@H]5[C@@H]6CC=C7C[C@@H](O[C@@H]8OC[C@H](O)[C@H](O[C@@H]9OC[C@@H](O)[C@H](O)[C@H]9OC(=O)c9ccc(OC)cc9)[C@H]8OC(C)=O)CC[C@]7(C)[C@H]6CC[C@]45C)OC[C@@H]3O)OC[C@@H](O)[C@@H]2O)cc1. The van der Waals surface area contributed by atoms with Gasteiger partial charge in [0.2, 0.25) is 0 Å². The molecule has 2 aromatic carbocycles. The van der Waals surface area contributed by atoms with E-state index in [4.69, 9.17) is 66.3 Å². The number of benzene rings is 2. The van der Waals surface area contributed by atoms with E-state index in [0.717, 1.165) is 32.6 Å². The lowest BCUT2D eigenvalue weighted by Crippen LogP contribution is -2.62. The Labute approximate surface area is 539 Å². The van der Waals surface area contributed by atoms with Gasteiger partial charge in [-0.1, -0.05) is 39.3 Å². The highest BCUT2D eigenvalue weighted by Gasteiger charge is 2.63. The van der Waals surface area contributed by atoms with Crippen LogP contribution in [0.1, 0.15) is 120 Å². The van der Waals surface area contributed by atoms with Gasteiger partial charge in [0, 0.05) is 38.5 Å². The monoisotopic (exact) mass is 1310 g/mol. The second-order valence-corrected chi connectivity index (χ2v) is 26.8. The molecule has 8 aliphatic rings. The number of ether oxygens (including phenoxy) is 14. The summed E-state index contributed by atoms with van der Waals surface area (Å²) < 4.78 is 81.5. The van der Waals surface area contributed by atoms with Crippen LogP contribution in [0.3, 0.4) is 0 Å². The molecule has 2 aromatic rings. The molecule has 26 nitrogen and oxygen atoms in total. The fraction of sp³-hybridized carbons (Fsp3) is 0.701. The van der Waals surface area contributed by atoms with Crippen LogP contribution in [0.2, 0.25) is 0 Å². The lowest BCUT2D eigenvalue weighted by molar-refractivity contribution is -0.339. The van der Waals surface area contributed by atoms with Gasteiger partial charge >= 0.3 is 23.9 Å².